The molecule has 1 atom stereocenters. The Morgan fingerprint density at radius 2 is 1.58 bits per heavy atom. The van der Waals surface area contributed by atoms with Crippen LogP contribution >= 0.6 is 23.2 Å². The molecule has 0 aliphatic rings. The van der Waals surface area contributed by atoms with E-state index >= 15 is 0 Å². The van der Waals surface area contributed by atoms with Crippen molar-refractivity contribution in [2.45, 2.75) is 25.8 Å². The molecule has 3 aromatic carbocycles. The quantitative estimate of drug-likeness (QED) is 0.319. The normalized spacial score (nSPS) is 11.7. The summed E-state index contributed by atoms with van der Waals surface area (Å²) in [6.07, 6.45) is 0.790. The Morgan fingerprint density at radius 1 is 0.970 bits per heavy atom. The highest BCUT2D eigenvalue weighted by Gasteiger charge is 2.26. The van der Waals surface area contributed by atoms with Crippen molar-refractivity contribution in [1.82, 2.24) is 0 Å². The number of carbonyl (C=O) groups is 2. The van der Waals surface area contributed by atoms with Crippen LogP contribution in [0.15, 0.2) is 52.1 Å². The van der Waals surface area contributed by atoms with E-state index in [0.29, 0.717) is 17.8 Å². The fourth-order valence-corrected chi connectivity index (χ4v) is 3.76. The lowest BCUT2D eigenvalue weighted by molar-refractivity contribution is -0.137. The topological polar surface area (TPSA) is 125 Å². The van der Waals surface area contributed by atoms with Crippen molar-refractivity contribution in [2.24, 2.45) is 0 Å². The van der Waals surface area contributed by atoms with Crippen LogP contribution in [0.3, 0.4) is 0 Å². The minimum absolute atomic E-state index is 0.0126. The van der Waals surface area contributed by atoms with Crippen LogP contribution < -0.4 is 26.8 Å². The van der Waals surface area contributed by atoms with Crippen molar-refractivity contribution in [3.05, 3.63) is 84.1 Å². The molecule has 33 heavy (non-hydrogen) atoms. The highest BCUT2D eigenvalue weighted by molar-refractivity contribution is 6.40. The van der Waals surface area contributed by atoms with Crippen molar-refractivity contribution in [3.63, 3.8) is 0 Å². The van der Waals surface area contributed by atoms with Crippen LogP contribution in [0.25, 0.3) is 0 Å². The van der Waals surface area contributed by atoms with Gasteiger partial charge in [-0.05, 0) is 36.2 Å². The zero-order chi connectivity index (χ0) is 24.1. The molecule has 172 valence electrons. The third kappa shape index (κ3) is 5.53. The number of hydrogen-bond acceptors (Lipinski definition) is 6. The molecule has 0 aromatic heterocycles. The average Bonchev–Trinajstić information content (AvgIpc) is 2.78. The Morgan fingerprint density at radius 3 is 2.15 bits per heavy atom. The Hall–Kier alpha value is -3.36. The Kier molecular flexibility index (Phi) is 7.73. The molecule has 0 saturated carbocycles. The minimum Gasteiger partial charge on any atom is -0.480 e. The van der Waals surface area contributed by atoms with Crippen LogP contribution in [-0.4, -0.2) is 29.6 Å². The number of hydrogen-bond donors (Lipinski definition) is 4. The fourth-order valence-electron chi connectivity index (χ4n) is 3.19. The molecule has 1 amide bonds. The van der Waals surface area contributed by atoms with Gasteiger partial charge in [0.05, 0.1) is 15.6 Å². The van der Waals surface area contributed by atoms with Crippen LogP contribution in [-0.2, 0) is 11.2 Å². The van der Waals surface area contributed by atoms with Gasteiger partial charge in [0.25, 0.3) is 16.8 Å². The molecule has 0 spiro atoms. The summed E-state index contributed by atoms with van der Waals surface area (Å²) in [5, 5.41) is 18.2. The van der Waals surface area contributed by atoms with Crippen molar-refractivity contribution in [3.8, 4) is 0 Å². The molecule has 0 aliphatic carbocycles. The summed E-state index contributed by atoms with van der Waals surface area (Å²) in [5.74, 6) is -1.65. The average molecular weight is 490 g/mol. The number of carboxylic acid groups (broad SMARTS) is 1. The third-order valence-electron chi connectivity index (χ3n) is 4.92. The molecule has 3 aromatic rings. The summed E-state index contributed by atoms with van der Waals surface area (Å²) in [6, 6.07) is 10.2. The molecule has 3 rings (SSSR count). The Balaban J connectivity index is 1.69. The van der Waals surface area contributed by atoms with Gasteiger partial charge in [0.1, 0.15) is 17.4 Å². The molecule has 8 nitrogen and oxygen atoms in total. The van der Waals surface area contributed by atoms with Gasteiger partial charge in [-0.25, -0.2) is 4.79 Å². The first-order chi connectivity index (χ1) is 15.7. The van der Waals surface area contributed by atoms with Gasteiger partial charge in [0, 0.05) is 18.7 Å². The van der Waals surface area contributed by atoms with Crippen molar-refractivity contribution in [1.29, 1.82) is 0 Å². The van der Waals surface area contributed by atoms with Gasteiger partial charge in [-0.2, -0.15) is 0 Å². The molecule has 4 N–H and O–H groups in total. The van der Waals surface area contributed by atoms with Gasteiger partial charge in [0.15, 0.2) is 0 Å². The maximum absolute atomic E-state index is 12.5. The van der Waals surface area contributed by atoms with Gasteiger partial charge >= 0.3 is 5.97 Å². The molecule has 10 heteroatoms. The first-order valence-electron chi connectivity index (χ1n) is 10.1. The SMILES string of the molecule is CCCNc1c(N[C@@H](Cc2ccc(NC(=O)c3c(Cl)cccc3Cl)cc2)C(=O)O)c(=O)c1=O. The zero-order valence-corrected chi connectivity index (χ0v) is 19.1. The van der Waals surface area contributed by atoms with Crippen molar-refractivity contribution < 1.29 is 14.7 Å². The van der Waals surface area contributed by atoms with Crippen LogP contribution in [0.4, 0.5) is 17.1 Å². The summed E-state index contributed by atoms with van der Waals surface area (Å²) in [4.78, 5) is 47.9. The number of benzene rings is 2. The predicted octanol–water partition coefficient (Wildman–Crippen LogP) is 3.77. The number of carboxylic acids is 1. The monoisotopic (exact) mass is 489 g/mol. The largest absolute Gasteiger partial charge is 0.480 e. The van der Waals surface area contributed by atoms with E-state index in [1.165, 1.54) is 0 Å². The highest BCUT2D eigenvalue weighted by Crippen LogP contribution is 2.25. The van der Waals surface area contributed by atoms with E-state index in [-0.39, 0.29) is 33.4 Å². The van der Waals surface area contributed by atoms with Gasteiger partial charge in [-0.3, -0.25) is 14.4 Å². The Bertz CT molecular complexity index is 1230. The van der Waals surface area contributed by atoms with Gasteiger partial charge in [-0.1, -0.05) is 48.3 Å². The number of carbonyl (C=O) groups excluding carboxylic acids is 1. The maximum atomic E-state index is 12.5. The molecular weight excluding hydrogens is 469 g/mol. The second-order valence-corrected chi connectivity index (χ2v) is 8.14. The lowest BCUT2D eigenvalue weighted by atomic mass is 10.0. The minimum atomic E-state index is -1.17. The summed E-state index contributed by atoms with van der Waals surface area (Å²) in [5.41, 5.74) is -0.0326. The molecule has 0 saturated heterocycles. The first-order valence-corrected chi connectivity index (χ1v) is 10.9. The van der Waals surface area contributed by atoms with Crippen molar-refractivity contribution in [2.75, 3.05) is 22.5 Å². The number of rotatable bonds is 10. The van der Waals surface area contributed by atoms with E-state index in [2.05, 4.69) is 16.0 Å². The van der Waals surface area contributed by atoms with E-state index in [4.69, 9.17) is 23.2 Å². The zero-order valence-electron chi connectivity index (χ0n) is 17.6. The first kappa shape index (κ1) is 24.3. The molecule has 0 unspecified atom stereocenters. The van der Waals surface area contributed by atoms with Crippen LogP contribution in [0.1, 0.15) is 29.3 Å². The lowest BCUT2D eigenvalue weighted by Gasteiger charge is -2.20. The molecule has 0 bridgehead atoms. The van der Waals surface area contributed by atoms with Crippen LogP contribution in [0.5, 0.6) is 0 Å². The summed E-state index contributed by atoms with van der Waals surface area (Å²) < 4.78 is 0. The Labute approximate surface area is 199 Å². The fraction of sp³-hybridized carbons (Fsp3) is 0.217. The maximum Gasteiger partial charge on any atom is 0.326 e. The summed E-state index contributed by atoms with van der Waals surface area (Å²) in [7, 11) is 0. The summed E-state index contributed by atoms with van der Waals surface area (Å²) >= 11 is 12.1. The number of aliphatic carboxylic acids is 1. The van der Waals surface area contributed by atoms with E-state index in [1.807, 2.05) is 6.92 Å². The molecule has 0 fully saturated rings. The van der Waals surface area contributed by atoms with Crippen LogP contribution in [0.2, 0.25) is 10.0 Å². The van der Waals surface area contributed by atoms with Crippen molar-refractivity contribution >= 4 is 52.1 Å². The second-order valence-electron chi connectivity index (χ2n) is 7.32. The van der Waals surface area contributed by atoms with Crippen LogP contribution in [0, 0.1) is 0 Å². The third-order valence-corrected chi connectivity index (χ3v) is 5.55. The second kappa shape index (κ2) is 10.5. The van der Waals surface area contributed by atoms with E-state index in [1.54, 1.807) is 42.5 Å². The van der Waals surface area contributed by atoms with Gasteiger partial charge in [-0.15, -0.1) is 0 Å². The number of halogens is 2. The predicted molar refractivity (Wildman–Crippen MR) is 130 cm³/mol. The number of anilines is 3. The molecule has 0 heterocycles. The highest BCUT2D eigenvalue weighted by atomic mass is 35.5. The smallest absolute Gasteiger partial charge is 0.326 e. The lowest BCUT2D eigenvalue weighted by Crippen LogP contribution is -2.42. The van der Waals surface area contributed by atoms with Gasteiger partial charge < -0.3 is 21.1 Å². The number of nitrogens with one attached hydrogen (secondary N) is 3. The van der Waals surface area contributed by atoms with E-state index < -0.39 is 28.8 Å². The molecule has 0 aliphatic heterocycles. The standard InChI is InChI=1S/C23H21Cl2N3O5/c1-2-10-26-18-19(21(30)20(18)29)28-16(23(32)33)11-12-6-8-13(9-7-12)27-22(31)17-14(24)4-3-5-15(17)25/h3-9,16,26,28H,2,10-11H2,1H3,(H,27,31)(H,32,33)/t16-/m0/s1. The molecular formula is C23H21Cl2N3O5. The summed E-state index contributed by atoms with van der Waals surface area (Å²) in [6.45, 7) is 2.39. The van der Waals surface area contributed by atoms with E-state index in [9.17, 15) is 24.3 Å². The number of amides is 1. The van der Waals surface area contributed by atoms with E-state index in [0.717, 1.165) is 6.42 Å². The van der Waals surface area contributed by atoms with Gasteiger partial charge in [0.2, 0.25) is 0 Å². The molecule has 0 radical (unpaired) electrons.